The van der Waals surface area contributed by atoms with E-state index < -0.39 is 0 Å². The van der Waals surface area contributed by atoms with Gasteiger partial charge in [-0.05, 0) is 50.2 Å². The van der Waals surface area contributed by atoms with Crippen LogP contribution in [0.5, 0.6) is 0 Å². The van der Waals surface area contributed by atoms with Gasteiger partial charge in [0.05, 0.1) is 0 Å². The molecule has 0 radical (unpaired) electrons. The molecule has 0 aliphatic rings. The van der Waals surface area contributed by atoms with E-state index in [4.69, 9.17) is 0 Å². The molecule has 18 heavy (non-hydrogen) atoms. The van der Waals surface area contributed by atoms with Crippen molar-refractivity contribution >= 4 is 7.92 Å². The number of benzene rings is 1. The van der Waals surface area contributed by atoms with Gasteiger partial charge < -0.3 is 5.32 Å². The zero-order chi connectivity index (χ0) is 13.5. The van der Waals surface area contributed by atoms with Crippen molar-refractivity contribution in [3.05, 3.63) is 59.8 Å². The highest BCUT2D eigenvalue weighted by atomic mass is 31.1. The van der Waals surface area contributed by atoms with Crippen LogP contribution in [-0.4, -0.2) is 12.8 Å². The fourth-order valence-corrected chi connectivity index (χ4v) is 4.00. The summed E-state index contributed by atoms with van der Waals surface area (Å²) in [5, 5.41) is 3.16. The van der Waals surface area contributed by atoms with Gasteiger partial charge in [0, 0.05) is 6.54 Å². The van der Waals surface area contributed by atoms with Crippen LogP contribution in [0.25, 0.3) is 0 Å². The van der Waals surface area contributed by atoms with Gasteiger partial charge >= 0.3 is 0 Å². The third kappa shape index (κ3) is 5.51. The summed E-state index contributed by atoms with van der Waals surface area (Å²) in [6, 6.07) is 6.84. The van der Waals surface area contributed by atoms with E-state index in [-0.39, 0.29) is 7.92 Å². The fourth-order valence-electron chi connectivity index (χ4n) is 2.16. The Kier molecular flexibility index (Phi) is 6.15. The number of allylic oxidation sites excluding steroid dienone is 1. The zero-order valence-electron chi connectivity index (χ0n) is 11.8. The molecule has 0 aliphatic heterocycles. The number of hydrogen-bond donors (Lipinski definition) is 1. The monoisotopic (exact) mass is 261 g/mol. The van der Waals surface area contributed by atoms with Crippen LogP contribution in [0.4, 0.5) is 0 Å². The third-order valence-corrected chi connectivity index (χ3v) is 4.62. The van der Waals surface area contributed by atoms with E-state index in [1.807, 2.05) is 0 Å². The van der Waals surface area contributed by atoms with Crippen LogP contribution in [-0.2, 0) is 12.7 Å². The molecule has 1 N–H and O–H groups in total. The van der Waals surface area contributed by atoms with Gasteiger partial charge in [0.2, 0.25) is 0 Å². The molecule has 2 heteroatoms. The van der Waals surface area contributed by atoms with Crippen LogP contribution >= 0.6 is 7.92 Å². The minimum Gasteiger partial charge on any atom is -0.387 e. The molecule has 1 unspecified atom stereocenters. The van der Waals surface area contributed by atoms with Gasteiger partial charge in [0.15, 0.2) is 0 Å². The smallest absolute Gasteiger partial charge is 0.0395 e. The van der Waals surface area contributed by atoms with E-state index in [1.165, 1.54) is 34.6 Å². The number of aryl methyl sites for hydroxylation is 1. The number of nitrogens with one attached hydrogen (secondary N) is 1. The minimum atomic E-state index is 0.0259. The second-order valence-corrected chi connectivity index (χ2v) is 7.39. The molecule has 0 bridgehead atoms. The Morgan fingerprint density at radius 2 is 2.00 bits per heavy atom. The van der Waals surface area contributed by atoms with Crippen LogP contribution in [0.3, 0.4) is 0 Å². The predicted molar refractivity (Wildman–Crippen MR) is 84.4 cm³/mol. The highest BCUT2D eigenvalue weighted by Crippen LogP contribution is 2.37. The molecule has 1 rings (SSSR count). The van der Waals surface area contributed by atoms with Crippen molar-refractivity contribution in [2.75, 3.05) is 12.8 Å². The highest BCUT2D eigenvalue weighted by molar-refractivity contribution is 7.56. The van der Waals surface area contributed by atoms with E-state index in [0.29, 0.717) is 0 Å². The second-order valence-electron chi connectivity index (χ2n) is 5.04. The first-order valence-electron chi connectivity index (χ1n) is 6.28. The van der Waals surface area contributed by atoms with Crippen molar-refractivity contribution in [3.63, 3.8) is 0 Å². The average molecular weight is 261 g/mol. The summed E-state index contributed by atoms with van der Waals surface area (Å²) in [7, 11) is 0.0259. The Morgan fingerprint density at radius 3 is 2.61 bits per heavy atom. The Hall–Kier alpha value is -1.07. The lowest BCUT2D eigenvalue weighted by atomic mass is 10.1. The molecule has 0 aromatic heterocycles. The fraction of sp³-hybridized carbons (Fsp3) is 0.375. The lowest BCUT2D eigenvalue weighted by molar-refractivity contribution is 0.869. The van der Waals surface area contributed by atoms with Crippen molar-refractivity contribution in [1.29, 1.82) is 0 Å². The topological polar surface area (TPSA) is 12.0 Å². The maximum absolute atomic E-state index is 4.01. The van der Waals surface area contributed by atoms with Crippen molar-refractivity contribution < 1.29 is 0 Å². The van der Waals surface area contributed by atoms with Gasteiger partial charge in [-0.2, -0.15) is 0 Å². The Labute approximate surface area is 113 Å². The van der Waals surface area contributed by atoms with Gasteiger partial charge in [-0.15, -0.1) is 7.92 Å². The summed E-state index contributed by atoms with van der Waals surface area (Å²) in [6.45, 7) is 15.2. The summed E-state index contributed by atoms with van der Waals surface area (Å²) in [4.78, 5) is 0. The molecule has 1 aromatic rings. The van der Waals surface area contributed by atoms with Gasteiger partial charge in [-0.1, -0.05) is 42.5 Å². The quantitative estimate of drug-likeness (QED) is 0.566. The molecule has 1 nitrogen and oxygen atoms in total. The molecule has 0 heterocycles. The van der Waals surface area contributed by atoms with Crippen molar-refractivity contribution in [2.45, 2.75) is 26.6 Å². The van der Waals surface area contributed by atoms with E-state index >= 15 is 0 Å². The van der Waals surface area contributed by atoms with Gasteiger partial charge in [-0.3, -0.25) is 0 Å². The molecule has 1 aromatic carbocycles. The van der Waals surface area contributed by atoms with Crippen molar-refractivity contribution in [2.24, 2.45) is 0 Å². The first kappa shape index (κ1) is 15.0. The van der Waals surface area contributed by atoms with Crippen LogP contribution in [0, 0.1) is 6.92 Å². The lowest BCUT2D eigenvalue weighted by Gasteiger charge is -2.14. The minimum absolute atomic E-state index is 0.0259. The number of rotatable bonds is 7. The molecule has 0 saturated heterocycles. The highest BCUT2D eigenvalue weighted by Gasteiger charge is 2.05. The Bertz CT molecular complexity index is 423. The maximum Gasteiger partial charge on any atom is 0.0395 e. The first-order valence-corrected chi connectivity index (χ1v) is 8.44. The van der Waals surface area contributed by atoms with E-state index in [2.05, 4.69) is 57.2 Å². The lowest BCUT2D eigenvalue weighted by Crippen LogP contribution is -2.04. The summed E-state index contributed by atoms with van der Waals surface area (Å²) in [5.41, 5.74) is 5.42. The van der Waals surface area contributed by atoms with Gasteiger partial charge in [-0.25, -0.2) is 0 Å². The van der Waals surface area contributed by atoms with Gasteiger partial charge in [0.1, 0.15) is 0 Å². The first-order chi connectivity index (χ1) is 8.51. The molecular weight excluding hydrogens is 237 g/mol. The summed E-state index contributed by atoms with van der Waals surface area (Å²) >= 11 is 0. The summed E-state index contributed by atoms with van der Waals surface area (Å²) in [5.74, 6) is 0. The van der Waals surface area contributed by atoms with Crippen LogP contribution < -0.4 is 5.32 Å². The summed E-state index contributed by atoms with van der Waals surface area (Å²) in [6.07, 6.45) is 4.10. The van der Waals surface area contributed by atoms with E-state index in [0.717, 1.165) is 6.54 Å². The van der Waals surface area contributed by atoms with Crippen LogP contribution in [0.1, 0.15) is 23.6 Å². The molecule has 98 valence electrons. The van der Waals surface area contributed by atoms with Crippen molar-refractivity contribution in [3.8, 4) is 0 Å². The molecule has 0 amide bonds. The summed E-state index contributed by atoms with van der Waals surface area (Å²) < 4.78 is 0. The normalized spacial score (nSPS) is 11.9. The second kappa shape index (κ2) is 7.38. The standard InChI is InChI=1S/C16H24NP/c1-6-17-10-15-7-14(4)8-16(9-15)12-18(5)11-13(2)3/h6-9,17H,1-2,10-12H2,3-5H3. The predicted octanol–water partition coefficient (Wildman–Crippen LogP) is 4.42. The van der Waals surface area contributed by atoms with Gasteiger partial charge in [0.25, 0.3) is 0 Å². The number of hydrogen-bond acceptors (Lipinski definition) is 1. The maximum atomic E-state index is 4.01. The molecule has 1 atom stereocenters. The third-order valence-electron chi connectivity index (χ3n) is 2.64. The molecular formula is C16H24NP. The van der Waals surface area contributed by atoms with Crippen LogP contribution in [0.2, 0.25) is 0 Å². The zero-order valence-corrected chi connectivity index (χ0v) is 12.7. The molecule has 0 saturated carbocycles. The molecule has 0 spiro atoms. The largest absolute Gasteiger partial charge is 0.387 e. The van der Waals surface area contributed by atoms with Crippen molar-refractivity contribution in [1.82, 2.24) is 5.32 Å². The SMILES string of the molecule is C=CNCc1cc(C)cc(CP(C)CC(=C)C)c1. The Morgan fingerprint density at radius 1 is 1.33 bits per heavy atom. The van der Waals surface area contributed by atoms with E-state index in [9.17, 15) is 0 Å². The molecule has 0 fully saturated rings. The van der Waals surface area contributed by atoms with E-state index in [1.54, 1.807) is 6.20 Å². The average Bonchev–Trinajstić information content (AvgIpc) is 2.24. The molecule has 0 aliphatic carbocycles. The Balaban J connectivity index is 2.72. The van der Waals surface area contributed by atoms with Crippen LogP contribution in [0.15, 0.2) is 43.1 Å².